The lowest BCUT2D eigenvalue weighted by Crippen LogP contribution is -2.46. The lowest BCUT2D eigenvalue weighted by Gasteiger charge is -2.41. The van der Waals surface area contributed by atoms with E-state index < -0.39 is 0 Å². The fourth-order valence-corrected chi connectivity index (χ4v) is 4.66. The van der Waals surface area contributed by atoms with E-state index in [1.54, 1.807) is 0 Å². The molecule has 122 valence electrons. The third kappa shape index (κ3) is 4.00. The van der Waals surface area contributed by atoms with Crippen LogP contribution in [0, 0.1) is 11.3 Å². The normalized spacial score (nSPS) is 33.7. The average Bonchev–Trinajstić information content (AvgIpc) is 3.21. The minimum Gasteiger partial charge on any atom is -0.313 e. The molecule has 3 rings (SSSR count). The monoisotopic (exact) mass is 293 g/mol. The Kier molecular flexibility index (Phi) is 4.92. The minimum absolute atomic E-state index is 0.571. The molecule has 1 saturated heterocycles. The van der Waals surface area contributed by atoms with Crippen LogP contribution in [0.15, 0.2) is 0 Å². The molecule has 0 radical (unpaired) electrons. The molecule has 0 amide bonds. The molecule has 0 aromatic heterocycles. The van der Waals surface area contributed by atoms with Crippen LogP contribution in [0.3, 0.4) is 0 Å². The lowest BCUT2D eigenvalue weighted by atomic mass is 9.73. The van der Waals surface area contributed by atoms with Crippen molar-refractivity contribution in [2.24, 2.45) is 11.3 Å². The van der Waals surface area contributed by atoms with Gasteiger partial charge >= 0.3 is 0 Å². The van der Waals surface area contributed by atoms with Gasteiger partial charge in [0.1, 0.15) is 0 Å². The molecular weight excluding hydrogens is 258 g/mol. The van der Waals surface area contributed by atoms with Gasteiger partial charge in [-0.25, -0.2) is 0 Å². The van der Waals surface area contributed by atoms with E-state index in [9.17, 15) is 0 Å². The summed E-state index contributed by atoms with van der Waals surface area (Å²) in [5.74, 6) is 0.817. The van der Waals surface area contributed by atoms with Crippen molar-refractivity contribution >= 4 is 0 Å². The molecule has 3 nitrogen and oxygen atoms in total. The van der Waals surface area contributed by atoms with Gasteiger partial charge in [-0.2, -0.15) is 0 Å². The Hall–Kier alpha value is -0.120. The molecule has 0 aromatic carbocycles. The summed E-state index contributed by atoms with van der Waals surface area (Å²) in [6.07, 6.45) is 10.1. The second-order valence-corrected chi connectivity index (χ2v) is 8.42. The third-order valence-electron chi connectivity index (χ3n) is 6.13. The molecule has 2 unspecified atom stereocenters. The first-order valence-corrected chi connectivity index (χ1v) is 9.20. The number of hydrogen-bond donors (Lipinski definition) is 1. The summed E-state index contributed by atoms with van der Waals surface area (Å²) in [4.78, 5) is 5.20. The number of hydrogen-bond acceptors (Lipinski definition) is 3. The van der Waals surface area contributed by atoms with Gasteiger partial charge < -0.3 is 15.1 Å². The highest BCUT2D eigenvalue weighted by Crippen LogP contribution is 2.38. The third-order valence-corrected chi connectivity index (χ3v) is 6.13. The Morgan fingerprint density at radius 3 is 2.38 bits per heavy atom. The number of nitrogens with zero attached hydrogens (tertiary/aromatic N) is 2. The van der Waals surface area contributed by atoms with E-state index >= 15 is 0 Å². The van der Waals surface area contributed by atoms with E-state index in [2.05, 4.69) is 36.1 Å². The molecule has 1 N–H and O–H groups in total. The van der Waals surface area contributed by atoms with Gasteiger partial charge in [0.15, 0.2) is 0 Å². The van der Waals surface area contributed by atoms with Crippen LogP contribution in [0.4, 0.5) is 0 Å². The lowest BCUT2D eigenvalue weighted by molar-refractivity contribution is 0.111. The topological polar surface area (TPSA) is 18.5 Å². The second kappa shape index (κ2) is 6.55. The fraction of sp³-hybridized carbons (Fsp3) is 1.00. The van der Waals surface area contributed by atoms with E-state index in [4.69, 9.17) is 0 Å². The summed E-state index contributed by atoms with van der Waals surface area (Å²) < 4.78 is 0. The highest BCUT2D eigenvalue weighted by Gasteiger charge is 2.39. The minimum atomic E-state index is 0.571. The largest absolute Gasteiger partial charge is 0.313 e. The number of likely N-dealkylation sites (N-methyl/N-ethyl adjacent to an activating group) is 1. The molecule has 0 aromatic rings. The summed E-state index contributed by atoms with van der Waals surface area (Å²) in [5, 5.41) is 3.85. The van der Waals surface area contributed by atoms with Crippen LogP contribution in [0.5, 0.6) is 0 Å². The van der Waals surface area contributed by atoms with Gasteiger partial charge in [0.25, 0.3) is 0 Å². The summed E-state index contributed by atoms with van der Waals surface area (Å²) in [6, 6.07) is 1.61. The molecule has 2 aliphatic carbocycles. The highest BCUT2D eigenvalue weighted by molar-refractivity contribution is 4.95. The Balaban J connectivity index is 1.58. The van der Waals surface area contributed by atoms with Crippen molar-refractivity contribution in [3.8, 4) is 0 Å². The van der Waals surface area contributed by atoms with Crippen LogP contribution < -0.4 is 5.32 Å². The zero-order valence-electron chi connectivity index (χ0n) is 14.4. The van der Waals surface area contributed by atoms with Gasteiger partial charge in [0.2, 0.25) is 0 Å². The van der Waals surface area contributed by atoms with E-state index in [1.807, 2.05) is 0 Å². The first-order valence-electron chi connectivity index (χ1n) is 9.20. The van der Waals surface area contributed by atoms with Gasteiger partial charge in [-0.3, -0.25) is 0 Å². The van der Waals surface area contributed by atoms with Crippen molar-refractivity contribution in [3.05, 3.63) is 0 Å². The quantitative estimate of drug-likeness (QED) is 0.812. The van der Waals surface area contributed by atoms with Crippen molar-refractivity contribution in [2.45, 2.75) is 64.0 Å². The second-order valence-electron chi connectivity index (χ2n) is 8.42. The number of rotatable bonds is 6. The average molecular weight is 293 g/mol. The number of likely N-dealkylation sites (tertiary alicyclic amines) is 1. The maximum Gasteiger partial charge on any atom is 0.0254 e. The van der Waals surface area contributed by atoms with E-state index in [0.717, 1.165) is 18.0 Å². The molecule has 1 heterocycles. The molecular formula is C18H35N3. The van der Waals surface area contributed by atoms with Crippen LogP contribution >= 0.6 is 0 Å². The van der Waals surface area contributed by atoms with E-state index in [0.29, 0.717) is 5.41 Å². The molecule has 0 bridgehead atoms. The van der Waals surface area contributed by atoms with Crippen molar-refractivity contribution in [3.63, 3.8) is 0 Å². The van der Waals surface area contributed by atoms with Crippen LogP contribution in [0.1, 0.15) is 51.9 Å². The van der Waals surface area contributed by atoms with Gasteiger partial charge in [0, 0.05) is 38.3 Å². The Morgan fingerprint density at radius 2 is 1.81 bits per heavy atom. The molecule has 1 aliphatic heterocycles. The number of nitrogens with one attached hydrogen (secondary N) is 1. The summed E-state index contributed by atoms with van der Waals surface area (Å²) in [5.41, 5.74) is 0.571. The van der Waals surface area contributed by atoms with Crippen LogP contribution in [-0.2, 0) is 0 Å². The standard InChI is InChI=1S/C18H35N3/c1-15-11-21(12-17(15)20(2)3)14-18(9-5-4-6-10-18)13-19-16-7-8-16/h15-17,19H,4-14H2,1-3H3. The first-order chi connectivity index (χ1) is 10.1. The molecule has 2 saturated carbocycles. The van der Waals surface area contributed by atoms with Crippen molar-refractivity contribution in [1.29, 1.82) is 0 Å². The zero-order valence-corrected chi connectivity index (χ0v) is 14.4. The van der Waals surface area contributed by atoms with E-state index in [1.165, 1.54) is 71.1 Å². The van der Waals surface area contributed by atoms with Crippen LogP contribution in [0.2, 0.25) is 0 Å². The SMILES string of the molecule is CC1CN(CC2(CNC3CC3)CCCCC2)CC1N(C)C. The first kappa shape index (κ1) is 15.8. The molecule has 3 heteroatoms. The van der Waals surface area contributed by atoms with Crippen LogP contribution in [-0.4, -0.2) is 62.2 Å². The molecule has 21 heavy (non-hydrogen) atoms. The molecule has 2 atom stereocenters. The van der Waals surface area contributed by atoms with Gasteiger partial charge in [-0.15, -0.1) is 0 Å². The maximum absolute atomic E-state index is 3.85. The summed E-state index contributed by atoms with van der Waals surface area (Å²) in [6.45, 7) is 7.62. The van der Waals surface area contributed by atoms with Gasteiger partial charge in [-0.05, 0) is 51.1 Å². The van der Waals surface area contributed by atoms with Crippen LogP contribution in [0.25, 0.3) is 0 Å². The van der Waals surface area contributed by atoms with Crippen molar-refractivity contribution < 1.29 is 0 Å². The summed E-state index contributed by atoms with van der Waals surface area (Å²) in [7, 11) is 4.49. The molecule has 3 aliphatic rings. The maximum atomic E-state index is 3.85. The predicted molar refractivity (Wildman–Crippen MR) is 89.6 cm³/mol. The Labute approximate surface area is 131 Å². The molecule has 0 spiro atoms. The smallest absolute Gasteiger partial charge is 0.0254 e. The highest BCUT2D eigenvalue weighted by atomic mass is 15.2. The van der Waals surface area contributed by atoms with Crippen molar-refractivity contribution in [2.75, 3.05) is 40.3 Å². The van der Waals surface area contributed by atoms with E-state index in [-0.39, 0.29) is 0 Å². The van der Waals surface area contributed by atoms with Gasteiger partial charge in [0.05, 0.1) is 0 Å². The van der Waals surface area contributed by atoms with Crippen molar-refractivity contribution in [1.82, 2.24) is 15.1 Å². The van der Waals surface area contributed by atoms with Gasteiger partial charge in [-0.1, -0.05) is 26.2 Å². The Morgan fingerprint density at radius 1 is 1.10 bits per heavy atom. The summed E-state index contributed by atoms with van der Waals surface area (Å²) >= 11 is 0. The zero-order chi connectivity index (χ0) is 14.9. The predicted octanol–water partition coefficient (Wildman–Crippen LogP) is 2.57. The molecule has 3 fully saturated rings. The Bertz CT molecular complexity index is 331. The fourth-order valence-electron chi connectivity index (χ4n) is 4.66.